The molecule has 0 aromatic rings. The minimum absolute atomic E-state index is 0.920. The van der Waals surface area contributed by atoms with Crippen molar-refractivity contribution in [3.05, 3.63) is 12.2 Å². The van der Waals surface area contributed by atoms with Crippen molar-refractivity contribution in [2.75, 3.05) is 0 Å². The van der Waals surface area contributed by atoms with Gasteiger partial charge in [-0.3, -0.25) is 0 Å². The quantitative estimate of drug-likeness (QED) is 0.406. The molecule has 0 spiro atoms. The van der Waals surface area contributed by atoms with Crippen LogP contribution in [0.3, 0.4) is 0 Å². The lowest BCUT2D eigenvalue weighted by molar-refractivity contribution is 1.21. The van der Waals surface area contributed by atoms with Gasteiger partial charge in [-0.1, -0.05) is 13.5 Å². The van der Waals surface area contributed by atoms with Crippen LogP contribution >= 0.6 is 0 Å². The van der Waals surface area contributed by atoms with Crippen molar-refractivity contribution in [2.45, 2.75) is 20.3 Å². The van der Waals surface area contributed by atoms with Crippen LogP contribution in [-0.2, 0) is 0 Å². The standard InChI is InChI=1S/C7H12N2/c1-4-5-8-9-6-7(2)3/h5-6H,2,4H2,1,3H3/b8-5+,9-6-. The predicted octanol–water partition coefficient (Wildman–Crippen LogP) is 2.03. The first-order valence-electron chi connectivity index (χ1n) is 2.97. The summed E-state index contributed by atoms with van der Waals surface area (Å²) in [6, 6.07) is 0. The Morgan fingerprint density at radius 3 is 2.67 bits per heavy atom. The molecule has 0 aliphatic carbocycles. The van der Waals surface area contributed by atoms with Crippen LogP contribution in [0.4, 0.5) is 0 Å². The van der Waals surface area contributed by atoms with Crippen molar-refractivity contribution in [1.82, 2.24) is 0 Å². The number of nitrogens with zero attached hydrogens (tertiary/aromatic N) is 2. The van der Waals surface area contributed by atoms with E-state index in [9.17, 15) is 0 Å². The first kappa shape index (κ1) is 8.08. The molecule has 2 heteroatoms. The molecule has 0 aliphatic rings. The summed E-state index contributed by atoms with van der Waals surface area (Å²) in [7, 11) is 0. The summed E-state index contributed by atoms with van der Waals surface area (Å²) in [5.74, 6) is 0. The highest BCUT2D eigenvalue weighted by atomic mass is 15.2. The van der Waals surface area contributed by atoms with Crippen molar-refractivity contribution >= 4 is 12.4 Å². The van der Waals surface area contributed by atoms with Gasteiger partial charge in [0.05, 0.1) is 6.21 Å². The second-order valence-electron chi connectivity index (χ2n) is 1.80. The third-order valence-electron chi connectivity index (χ3n) is 0.609. The zero-order valence-corrected chi connectivity index (χ0v) is 5.96. The third kappa shape index (κ3) is 7.08. The summed E-state index contributed by atoms with van der Waals surface area (Å²) in [6.07, 6.45) is 4.30. The molecule has 0 heterocycles. The van der Waals surface area contributed by atoms with E-state index in [0.29, 0.717) is 0 Å². The van der Waals surface area contributed by atoms with Crippen LogP contribution in [0.25, 0.3) is 0 Å². The third-order valence-corrected chi connectivity index (χ3v) is 0.609. The van der Waals surface area contributed by atoms with Gasteiger partial charge < -0.3 is 0 Å². The molecule has 0 saturated carbocycles. The van der Waals surface area contributed by atoms with E-state index in [4.69, 9.17) is 0 Å². The van der Waals surface area contributed by atoms with Crippen molar-refractivity contribution in [3.63, 3.8) is 0 Å². The van der Waals surface area contributed by atoms with E-state index in [-0.39, 0.29) is 0 Å². The van der Waals surface area contributed by atoms with Gasteiger partial charge in [-0.05, 0) is 18.9 Å². The number of hydrogen-bond donors (Lipinski definition) is 0. The average Bonchev–Trinajstić information content (AvgIpc) is 1.80. The monoisotopic (exact) mass is 124 g/mol. The normalized spacial score (nSPS) is 11.3. The molecule has 0 bridgehead atoms. The summed E-state index contributed by atoms with van der Waals surface area (Å²) in [4.78, 5) is 0. The van der Waals surface area contributed by atoms with Crippen molar-refractivity contribution < 1.29 is 0 Å². The molecular formula is C7H12N2. The van der Waals surface area contributed by atoms with Crippen LogP contribution in [0, 0.1) is 0 Å². The highest BCUT2D eigenvalue weighted by Gasteiger charge is 1.69. The lowest BCUT2D eigenvalue weighted by Gasteiger charge is -1.78. The van der Waals surface area contributed by atoms with Gasteiger partial charge in [-0.15, -0.1) is 0 Å². The molecule has 0 unspecified atom stereocenters. The maximum absolute atomic E-state index is 3.71. The van der Waals surface area contributed by atoms with E-state index in [0.717, 1.165) is 12.0 Å². The zero-order chi connectivity index (χ0) is 7.11. The Labute approximate surface area is 56.0 Å². The minimum Gasteiger partial charge on any atom is -0.164 e. The number of allylic oxidation sites excluding steroid dienone is 1. The van der Waals surface area contributed by atoms with Crippen LogP contribution in [0.2, 0.25) is 0 Å². The van der Waals surface area contributed by atoms with Gasteiger partial charge in [0.25, 0.3) is 0 Å². The largest absolute Gasteiger partial charge is 0.164 e. The Kier molecular flexibility index (Phi) is 4.69. The summed E-state index contributed by atoms with van der Waals surface area (Å²) in [5, 5.41) is 7.42. The predicted molar refractivity (Wildman–Crippen MR) is 42.1 cm³/mol. The Morgan fingerprint density at radius 2 is 2.22 bits per heavy atom. The summed E-state index contributed by atoms with van der Waals surface area (Å²) >= 11 is 0. The van der Waals surface area contributed by atoms with Gasteiger partial charge in [0.1, 0.15) is 0 Å². The molecule has 0 amide bonds. The Hall–Kier alpha value is -0.920. The van der Waals surface area contributed by atoms with Crippen LogP contribution in [0.5, 0.6) is 0 Å². The van der Waals surface area contributed by atoms with E-state index in [1.807, 2.05) is 13.8 Å². The van der Waals surface area contributed by atoms with Gasteiger partial charge in [-0.2, -0.15) is 10.2 Å². The smallest absolute Gasteiger partial charge is 0.0518 e. The molecule has 0 rings (SSSR count). The van der Waals surface area contributed by atoms with Gasteiger partial charge >= 0.3 is 0 Å². The number of rotatable bonds is 3. The van der Waals surface area contributed by atoms with Gasteiger partial charge in [-0.25, -0.2) is 0 Å². The highest BCUT2D eigenvalue weighted by Crippen LogP contribution is 1.79. The van der Waals surface area contributed by atoms with Crippen LogP contribution < -0.4 is 0 Å². The maximum atomic E-state index is 3.71. The van der Waals surface area contributed by atoms with Crippen molar-refractivity contribution in [2.24, 2.45) is 10.2 Å². The molecule has 0 fully saturated rings. The SMILES string of the molecule is C=C(C)/C=N\N=C\CC. The molecular weight excluding hydrogens is 112 g/mol. The molecule has 0 aromatic heterocycles. The fourth-order valence-electron chi connectivity index (χ4n) is 0.261. The van der Waals surface area contributed by atoms with Gasteiger partial charge in [0, 0.05) is 6.21 Å². The molecule has 0 saturated heterocycles. The lowest BCUT2D eigenvalue weighted by atomic mass is 10.4. The minimum atomic E-state index is 0.920. The molecule has 50 valence electrons. The first-order valence-corrected chi connectivity index (χ1v) is 2.97. The highest BCUT2D eigenvalue weighted by molar-refractivity contribution is 5.76. The van der Waals surface area contributed by atoms with E-state index >= 15 is 0 Å². The van der Waals surface area contributed by atoms with E-state index < -0.39 is 0 Å². The van der Waals surface area contributed by atoms with E-state index in [1.165, 1.54) is 0 Å². The maximum Gasteiger partial charge on any atom is 0.0518 e. The van der Waals surface area contributed by atoms with E-state index in [1.54, 1.807) is 12.4 Å². The second kappa shape index (κ2) is 5.22. The number of hydrogen-bond acceptors (Lipinski definition) is 2. The molecule has 0 aromatic carbocycles. The van der Waals surface area contributed by atoms with Gasteiger partial charge in [0.2, 0.25) is 0 Å². The van der Waals surface area contributed by atoms with Crippen LogP contribution in [-0.4, -0.2) is 12.4 Å². The molecule has 9 heavy (non-hydrogen) atoms. The summed E-state index contributed by atoms with van der Waals surface area (Å²) < 4.78 is 0. The molecule has 0 atom stereocenters. The topological polar surface area (TPSA) is 24.7 Å². The Morgan fingerprint density at radius 1 is 1.56 bits per heavy atom. The summed E-state index contributed by atoms with van der Waals surface area (Å²) in [5.41, 5.74) is 0.920. The molecule has 0 aliphatic heterocycles. The summed E-state index contributed by atoms with van der Waals surface area (Å²) in [6.45, 7) is 7.52. The Balaban J connectivity index is 3.47. The fourth-order valence-corrected chi connectivity index (χ4v) is 0.261. The molecule has 0 radical (unpaired) electrons. The lowest BCUT2D eigenvalue weighted by Crippen LogP contribution is -1.71. The molecule has 2 nitrogen and oxygen atoms in total. The van der Waals surface area contributed by atoms with Crippen molar-refractivity contribution in [3.8, 4) is 0 Å². The van der Waals surface area contributed by atoms with Crippen molar-refractivity contribution in [1.29, 1.82) is 0 Å². The zero-order valence-electron chi connectivity index (χ0n) is 5.96. The van der Waals surface area contributed by atoms with Crippen LogP contribution in [0.1, 0.15) is 20.3 Å². The van der Waals surface area contributed by atoms with Gasteiger partial charge in [0.15, 0.2) is 0 Å². The van der Waals surface area contributed by atoms with Crippen LogP contribution in [0.15, 0.2) is 22.4 Å². The first-order chi connectivity index (χ1) is 4.27. The second-order valence-corrected chi connectivity index (χ2v) is 1.80. The Bertz CT molecular complexity index is 134. The fraction of sp³-hybridized carbons (Fsp3) is 0.429. The average molecular weight is 124 g/mol. The van der Waals surface area contributed by atoms with E-state index in [2.05, 4.69) is 16.8 Å². The molecule has 0 N–H and O–H groups in total.